The van der Waals surface area contributed by atoms with Gasteiger partial charge in [-0.25, -0.2) is 8.42 Å². The van der Waals surface area contributed by atoms with Crippen molar-refractivity contribution in [2.45, 2.75) is 43.4 Å². The molecule has 2 aliphatic rings. The zero-order valence-electron chi connectivity index (χ0n) is 14.1. The number of rotatable bonds is 3. The first-order valence-corrected chi connectivity index (χ1v) is 10.4. The maximum atomic E-state index is 12.8. The maximum Gasteiger partial charge on any atom is 0.243 e. The lowest BCUT2D eigenvalue weighted by Gasteiger charge is -2.34. The lowest BCUT2D eigenvalue weighted by molar-refractivity contribution is -0.136. The van der Waals surface area contributed by atoms with E-state index in [1.807, 2.05) is 4.90 Å². The van der Waals surface area contributed by atoms with Gasteiger partial charge in [-0.3, -0.25) is 4.79 Å². The van der Waals surface area contributed by atoms with Crippen molar-refractivity contribution in [1.82, 2.24) is 9.21 Å². The van der Waals surface area contributed by atoms with Gasteiger partial charge in [-0.2, -0.15) is 4.31 Å². The molecule has 2 fully saturated rings. The van der Waals surface area contributed by atoms with Crippen LogP contribution in [0, 0.1) is 5.92 Å². The average Bonchev–Trinajstić information content (AvgIpc) is 2.91. The van der Waals surface area contributed by atoms with Crippen LogP contribution in [-0.2, 0) is 14.8 Å². The van der Waals surface area contributed by atoms with E-state index >= 15 is 0 Å². The third kappa shape index (κ3) is 3.81. The van der Waals surface area contributed by atoms with E-state index in [0.717, 1.165) is 38.8 Å². The monoisotopic (exact) mass is 350 g/mol. The summed E-state index contributed by atoms with van der Waals surface area (Å²) < 4.78 is 27.1. The molecule has 0 N–H and O–H groups in total. The molecule has 1 amide bonds. The van der Waals surface area contributed by atoms with Crippen molar-refractivity contribution in [2.24, 2.45) is 5.92 Å². The first kappa shape index (κ1) is 17.4. The van der Waals surface area contributed by atoms with Gasteiger partial charge in [0.05, 0.1) is 10.8 Å². The van der Waals surface area contributed by atoms with Crippen molar-refractivity contribution in [3.05, 3.63) is 30.3 Å². The number of hydrogen-bond donors (Lipinski definition) is 0. The Kier molecular flexibility index (Phi) is 5.56. The van der Waals surface area contributed by atoms with Crippen molar-refractivity contribution in [2.75, 3.05) is 26.2 Å². The van der Waals surface area contributed by atoms with Crippen LogP contribution in [0.25, 0.3) is 0 Å². The summed E-state index contributed by atoms with van der Waals surface area (Å²) in [6.07, 6.45) is 6.02. The van der Waals surface area contributed by atoms with E-state index in [-0.39, 0.29) is 11.8 Å². The van der Waals surface area contributed by atoms with Crippen LogP contribution in [0.2, 0.25) is 0 Å². The average molecular weight is 350 g/mol. The van der Waals surface area contributed by atoms with Gasteiger partial charge in [0, 0.05) is 26.2 Å². The fourth-order valence-electron chi connectivity index (χ4n) is 3.65. The van der Waals surface area contributed by atoms with Crippen LogP contribution in [0.4, 0.5) is 0 Å². The standard InChI is InChI=1S/C18H26N2O3S/c21-18(19-12-6-1-2-7-13-19)16-9-8-14-20(15-16)24(22,23)17-10-4-3-5-11-17/h3-5,10-11,16H,1-2,6-9,12-15H2/t16-/m1/s1. The molecule has 0 unspecified atom stereocenters. The second-order valence-electron chi connectivity index (χ2n) is 6.75. The Morgan fingerprint density at radius 2 is 1.58 bits per heavy atom. The number of amides is 1. The van der Waals surface area contributed by atoms with E-state index in [4.69, 9.17) is 0 Å². The number of piperidine rings is 1. The first-order chi connectivity index (χ1) is 11.6. The summed E-state index contributed by atoms with van der Waals surface area (Å²) in [5, 5.41) is 0. The molecule has 24 heavy (non-hydrogen) atoms. The number of hydrogen-bond acceptors (Lipinski definition) is 3. The highest BCUT2D eigenvalue weighted by atomic mass is 32.2. The molecule has 0 aromatic heterocycles. The van der Waals surface area contributed by atoms with Gasteiger partial charge in [0.25, 0.3) is 0 Å². The highest BCUT2D eigenvalue weighted by molar-refractivity contribution is 7.89. The van der Waals surface area contributed by atoms with Crippen LogP contribution in [0.15, 0.2) is 35.2 Å². The molecule has 0 saturated carbocycles. The smallest absolute Gasteiger partial charge is 0.243 e. The van der Waals surface area contributed by atoms with Gasteiger partial charge in [-0.05, 0) is 37.8 Å². The molecule has 0 spiro atoms. The largest absolute Gasteiger partial charge is 0.342 e. The van der Waals surface area contributed by atoms with Crippen molar-refractivity contribution < 1.29 is 13.2 Å². The molecule has 1 aromatic carbocycles. The van der Waals surface area contributed by atoms with E-state index in [2.05, 4.69) is 0 Å². The maximum absolute atomic E-state index is 12.8. The molecule has 0 bridgehead atoms. The zero-order valence-corrected chi connectivity index (χ0v) is 14.9. The van der Waals surface area contributed by atoms with Gasteiger partial charge >= 0.3 is 0 Å². The van der Waals surface area contributed by atoms with Crippen molar-refractivity contribution in [3.63, 3.8) is 0 Å². The summed E-state index contributed by atoms with van der Waals surface area (Å²) in [5.74, 6) is -0.0554. The minimum atomic E-state index is -3.50. The lowest BCUT2D eigenvalue weighted by Crippen LogP contribution is -2.46. The topological polar surface area (TPSA) is 57.7 Å². The Bertz CT molecular complexity index is 652. The number of likely N-dealkylation sites (tertiary alicyclic amines) is 1. The van der Waals surface area contributed by atoms with E-state index in [1.54, 1.807) is 30.3 Å². The second kappa shape index (κ2) is 7.66. The van der Waals surface area contributed by atoms with Gasteiger partial charge in [0.15, 0.2) is 0 Å². The van der Waals surface area contributed by atoms with Gasteiger partial charge in [-0.15, -0.1) is 0 Å². The van der Waals surface area contributed by atoms with Crippen LogP contribution in [0.5, 0.6) is 0 Å². The van der Waals surface area contributed by atoms with Crippen LogP contribution in [0.3, 0.4) is 0 Å². The Morgan fingerprint density at radius 3 is 2.25 bits per heavy atom. The molecule has 2 aliphatic heterocycles. The van der Waals surface area contributed by atoms with E-state index in [1.165, 1.54) is 17.1 Å². The Labute approximate surface area is 144 Å². The molecule has 3 rings (SSSR count). The van der Waals surface area contributed by atoms with Gasteiger partial charge in [0.2, 0.25) is 15.9 Å². The fourth-order valence-corrected chi connectivity index (χ4v) is 5.20. The van der Waals surface area contributed by atoms with Crippen LogP contribution >= 0.6 is 0 Å². The van der Waals surface area contributed by atoms with Gasteiger partial charge < -0.3 is 4.90 Å². The summed E-state index contributed by atoms with van der Waals surface area (Å²) >= 11 is 0. The number of sulfonamides is 1. The third-order valence-electron chi connectivity index (χ3n) is 5.03. The molecule has 0 radical (unpaired) electrons. The highest BCUT2D eigenvalue weighted by Crippen LogP contribution is 2.25. The van der Waals surface area contributed by atoms with Gasteiger partial charge in [-0.1, -0.05) is 31.0 Å². The van der Waals surface area contributed by atoms with Crippen molar-refractivity contribution in [3.8, 4) is 0 Å². The molecule has 1 atom stereocenters. The Balaban J connectivity index is 1.71. The van der Waals surface area contributed by atoms with Gasteiger partial charge in [0.1, 0.15) is 0 Å². The molecular weight excluding hydrogens is 324 g/mol. The third-order valence-corrected chi connectivity index (χ3v) is 6.91. The Hall–Kier alpha value is -1.40. The molecule has 132 valence electrons. The highest BCUT2D eigenvalue weighted by Gasteiger charge is 2.35. The fraction of sp³-hybridized carbons (Fsp3) is 0.611. The molecule has 5 nitrogen and oxygen atoms in total. The molecule has 0 aliphatic carbocycles. The number of benzene rings is 1. The lowest BCUT2D eigenvalue weighted by atomic mass is 9.98. The van der Waals surface area contributed by atoms with E-state index in [0.29, 0.717) is 18.0 Å². The van der Waals surface area contributed by atoms with Crippen molar-refractivity contribution >= 4 is 15.9 Å². The summed E-state index contributed by atoms with van der Waals surface area (Å²) in [4.78, 5) is 15.1. The quantitative estimate of drug-likeness (QED) is 0.841. The summed E-state index contributed by atoms with van der Waals surface area (Å²) in [5.41, 5.74) is 0. The normalized spacial score (nSPS) is 23.7. The Morgan fingerprint density at radius 1 is 0.917 bits per heavy atom. The molecule has 1 aromatic rings. The predicted octanol–water partition coefficient (Wildman–Crippen LogP) is 2.49. The van der Waals surface area contributed by atoms with Crippen LogP contribution in [0.1, 0.15) is 38.5 Å². The summed E-state index contributed by atoms with van der Waals surface area (Å²) in [7, 11) is -3.50. The minimum absolute atomic E-state index is 0.143. The SMILES string of the molecule is O=C([C@@H]1CCCN(S(=O)(=O)c2ccccc2)C1)N1CCCCCC1. The number of carbonyl (C=O) groups excluding carboxylic acids is 1. The number of nitrogens with zero attached hydrogens (tertiary/aromatic N) is 2. The molecule has 2 saturated heterocycles. The van der Waals surface area contributed by atoms with Crippen LogP contribution in [-0.4, -0.2) is 49.7 Å². The minimum Gasteiger partial charge on any atom is -0.342 e. The second-order valence-corrected chi connectivity index (χ2v) is 8.69. The van der Waals surface area contributed by atoms with Crippen molar-refractivity contribution in [1.29, 1.82) is 0 Å². The number of carbonyl (C=O) groups is 1. The zero-order chi connectivity index (χ0) is 17.0. The summed E-state index contributed by atoms with van der Waals surface area (Å²) in [6.45, 7) is 2.45. The molecular formula is C18H26N2O3S. The predicted molar refractivity (Wildman–Crippen MR) is 93.0 cm³/mol. The summed E-state index contributed by atoms with van der Waals surface area (Å²) in [6, 6.07) is 8.51. The van der Waals surface area contributed by atoms with Crippen LogP contribution < -0.4 is 0 Å². The first-order valence-electron chi connectivity index (χ1n) is 8.93. The van der Waals surface area contributed by atoms with E-state index in [9.17, 15) is 13.2 Å². The molecule has 2 heterocycles. The van der Waals surface area contributed by atoms with E-state index < -0.39 is 10.0 Å². The molecule has 6 heteroatoms.